The summed E-state index contributed by atoms with van der Waals surface area (Å²) < 4.78 is 0. The van der Waals surface area contributed by atoms with Crippen LogP contribution >= 0.6 is 0 Å². The highest BCUT2D eigenvalue weighted by Gasteiger charge is 2.18. The molecule has 2 aromatic rings. The van der Waals surface area contributed by atoms with Crippen molar-refractivity contribution in [2.45, 2.75) is 13.5 Å². The van der Waals surface area contributed by atoms with Crippen molar-refractivity contribution in [3.63, 3.8) is 0 Å². The van der Waals surface area contributed by atoms with Gasteiger partial charge in [-0.15, -0.1) is 0 Å². The Labute approximate surface area is 146 Å². The van der Waals surface area contributed by atoms with Gasteiger partial charge in [-0.2, -0.15) is 0 Å². The van der Waals surface area contributed by atoms with Crippen molar-refractivity contribution in [3.05, 3.63) is 64.2 Å². The van der Waals surface area contributed by atoms with Crippen molar-refractivity contribution in [1.29, 1.82) is 0 Å². The molecule has 0 saturated heterocycles. The van der Waals surface area contributed by atoms with E-state index in [4.69, 9.17) is 0 Å². The second kappa shape index (κ2) is 8.79. The van der Waals surface area contributed by atoms with E-state index in [1.54, 1.807) is 30.1 Å². The Hall–Kier alpha value is -2.93. The third kappa shape index (κ3) is 5.02. The highest BCUT2D eigenvalue weighted by Crippen LogP contribution is 2.26. The summed E-state index contributed by atoms with van der Waals surface area (Å²) in [7, 11) is 1.66. The van der Waals surface area contributed by atoms with Crippen LogP contribution in [0.25, 0.3) is 0 Å². The lowest BCUT2D eigenvalue weighted by Crippen LogP contribution is -2.31. The van der Waals surface area contributed by atoms with Crippen molar-refractivity contribution < 1.29 is 9.72 Å². The van der Waals surface area contributed by atoms with Crippen LogP contribution in [0.3, 0.4) is 0 Å². The Kier molecular flexibility index (Phi) is 6.47. The Morgan fingerprint density at radius 2 is 1.84 bits per heavy atom. The molecule has 0 aliphatic rings. The van der Waals surface area contributed by atoms with Crippen molar-refractivity contribution >= 4 is 23.0 Å². The van der Waals surface area contributed by atoms with Gasteiger partial charge in [-0.05, 0) is 24.2 Å². The van der Waals surface area contributed by atoms with Gasteiger partial charge in [-0.25, -0.2) is 0 Å². The lowest BCUT2D eigenvalue weighted by Gasteiger charge is -2.19. The summed E-state index contributed by atoms with van der Waals surface area (Å²) in [5.74, 6) is -0.232. The van der Waals surface area contributed by atoms with E-state index < -0.39 is 4.92 Å². The van der Waals surface area contributed by atoms with Crippen LogP contribution in [0.4, 0.5) is 17.1 Å². The minimum absolute atomic E-state index is 0.0143. The monoisotopic (exact) mass is 342 g/mol. The maximum absolute atomic E-state index is 12.4. The van der Waals surface area contributed by atoms with Crippen LogP contribution in [0.1, 0.15) is 12.5 Å². The number of nitro groups is 1. The zero-order chi connectivity index (χ0) is 18.2. The van der Waals surface area contributed by atoms with Crippen LogP contribution in [0.15, 0.2) is 48.5 Å². The van der Waals surface area contributed by atoms with Gasteiger partial charge in [-0.3, -0.25) is 14.9 Å². The summed E-state index contributed by atoms with van der Waals surface area (Å²) in [6, 6.07) is 13.9. The normalized spacial score (nSPS) is 10.3. The predicted octanol–water partition coefficient (Wildman–Crippen LogP) is 2.78. The lowest BCUT2D eigenvalue weighted by atomic mass is 10.1. The van der Waals surface area contributed by atoms with Crippen molar-refractivity contribution in [3.8, 4) is 0 Å². The van der Waals surface area contributed by atoms with Crippen molar-refractivity contribution in [2.75, 3.05) is 30.4 Å². The lowest BCUT2D eigenvalue weighted by molar-refractivity contribution is -0.384. The molecule has 132 valence electrons. The van der Waals surface area contributed by atoms with E-state index in [1.807, 2.05) is 31.2 Å². The summed E-state index contributed by atoms with van der Waals surface area (Å²) in [6.07, 6.45) is 0. The summed E-state index contributed by atoms with van der Waals surface area (Å²) >= 11 is 0. The molecule has 0 aliphatic heterocycles. The SMILES string of the molecule is CCNCc1ccccc1NC(=O)CN(C)c1ccccc1[N+](=O)[O-]. The fourth-order valence-electron chi connectivity index (χ4n) is 2.49. The topological polar surface area (TPSA) is 87.5 Å². The van der Waals surface area contributed by atoms with Gasteiger partial charge in [0.15, 0.2) is 0 Å². The van der Waals surface area contributed by atoms with Gasteiger partial charge in [-0.1, -0.05) is 37.3 Å². The molecule has 0 radical (unpaired) electrons. The molecule has 0 heterocycles. The first-order valence-corrected chi connectivity index (χ1v) is 8.06. The average molecular weight is 342 g/mol. The number of anilines is 2. The number of rotatable bonds is 8. The smallest absolute Gasteiger partial charge is 0.292 e. The van der Waals surface area contributed by atoms with E-state index in [0.717, 1.165) is 17.8 Å². The number of amides is 1. The number of nitro benzene ring substituents is 1. The summed E-state index contributed by atoms with van der Waals surface area (Å²) in [5.41, 5.74) is 2.12. The van der Waals surface area contributed by atoms with Crippen LogP contribution in [0.5, 0.6) is 0 Å². The minimum atomic E-state index is -0.449. The second-order valence-electron chi connectivity index (χ2n) is 5.59. The van der Waals surface area contributed by atoms with Crippen LogP contribution in [-0.2, 0) is 11.3 Å². The Morgan fingerprint density at radius 1 is 1.16 bits per heavy atom. The molecule has 2 N–H and O–H groups in total. The third-order valence-corrected chi connectivity index (χ3v) is 3.73. The van der Waals surface area contributed by atoms with Gasteiger partial charge < -0.3 is 15.5 Å². The number of benzene rings is 2. The molecule has 0 spiro atoms. The first-order valence-electron chi connectivity index (χ1n) is 8.06. The van der Waals surface area contributed by atoms with Gasteiger partial charge >= 0.3 is 0 Å². The fraction of sp³-hybridized carbons (Fsp3) is 0.278. The quantitative estimate of drug-likeness (QED) is 0.569. The highest BCUT2D eigenvalue weighted by atomic mass is 16.6. The molecule has 0 unspecified atom stereocenters. The van der Waals surface area contributed by atoms with Crippen LogP contribution in [-0.4, -0.2) is 31.0 Å². The van der Waals surface area contributed by atoms with E-state index in [-0.39, 0.29) is 18.1 Å². The average Bonchev–Trinajstić information content (AvgIpc) is 2.60. The molecule has 0 aromatic heterocycles. The van der Waals surface area contributed by atoms with Crippen LogP contribution in [0, 0.1) is 10.1 Å². The molecule has 0 fully saturated rings. The predicted molar refractivity (Wildman–Crippen MR) is 98.8 cm³/mol. The van der Waals surface area contributed by atoms with Crippen LogP contribution < -0.4 is 15.5 Å². The number of carbonyl (C=O) groups is 1. The molecule has 1 amide bonds. The molecule has 2 rings (SSSR count). The molecule has 0 aliphatic carbocycles. The highest BCUT2D eigenvalue weighted by molar-refractivity contribution is 5.95. The van der Waals surface area contributed by atoms with E-state index in [1.165, 1.54) is 6.07 Å². The number of hydrogen-bond donors (Lipinski definition) is 2. The Balaban J connectivity index is 2.07. The maximum Gasteiger partial charge on any atom is 0.292 e. The molecule has 2 aromatic carbocycles. The summed E-state index contributed by atoms with van der Waals surface area (Å²) in [5, 5.41) is 17.2. The Morgan fingerprint density at radius 3 is 2.56 bits per heavy atom. The number of para-hydroxylation sites is 3. The summed E-state index contributed by atoms with van der Waals surface area (Å²) in [4.78, 5) is 24.6. The van der Waals surface area contributed by atoms with Gasteiger partial charge in [0.25, 0.3) is 5.69 Å². The van der Waals surface area contributed by atoms with Gasteiger partial charge in [0.1, 0.15) is 5.69 Å². The van der Waals surface area contributed by atoms with Crippen molar-refractivity contribution in [2.24, 2.45) is 0 Å². The van der Waals surface area contributed by atoms with Gasteiger partial charge in [0, 0.05) is 25.3 Å². The first-order chi connectivity index (χ1) is 12.0. The fourth-order valence-corrected chi connectivity index (χ4v) is 2.49. The largest absolute Gasteiger partial charge is 0.360 e. The van der Waals surface area contributed by atoms with Crippen molar-refractivity contribution in [1.82, 2.24) is 5.32 Å². The van der Waals surface area contributed by atoms with E-state index >= 15 is 0 Å². The first kappa shape index (κ1) is 18.4. The van der Waals surface area contributed by atoms with Crippen LogP contribution in [0.2, 0.25) is 0 Å². The second-order valence-corrected chi connectivity index (χ2v) is 5.59. The Bertz CT molecular complexity index is 749. The molecule has 7 heteroatoms. The maximum atomic E-state index is 12.4. The van der Waals surface area contributed by atoms with Gasteiger partial charge in [0.2, 0.25) is 5.91 Å². The van der Waals surface area contributed by atoms with E-state index in [2.05, 4.69) is 10.6 Å². The molecular weight excluding hydrogens is 320 g/mol. The molecule has 0 saturated carbocycles. The molecule has 0 atom stereocenters. The zero-order valence-corrected chi connectivity index (χ0v) is 14.4. The van der Waals surface area contributed by atoms with Gasteiger partial charge in [0.05, 0.1) is 11.5 Å². The summed E-state index contributed by atoms with van der Waals surface area (Å²) in [6.45, 7) is 3.53. The number of hydrogen-bond acceptors (Lipinski definition) is 5. The van der Waals surface area contributed by atoms with E-state index in [9.17, 15) is 14.9 Å². The van der Waals surface area contributed by atoms with E-state index in [0.29, 0.717) is 12.2 Å². The molecule has 0 bridgehead atoms. The molecule has 25 heavy (non-hydrogen) atoms. The molecule has 7 nitrogen and oxygen atoms in total. The molecular formula is C18H22N4O3. The third-order valence-electron chi connectivity index (χ3n) is 3.73. The number of nitrogens with one attached hydrogen (secondary N) is 2. The number of likely N-dealkylation sites (N-methyl/N-ethyl adjacent to an activating group) is 1. The standard InChI is InChI=1S/C18H22N4O3/c1-3-19-12-14-8-4-5-9-15(14)20-18(23)13-21(2)16-10-6-7-11-17(16)22(24)25/h4-11,19H,3,12-13H2,1-2H3,(H,20,23). The number of nitrogens with zero attached hydrogens (tertiary/aromatic N) is 2. The number of carbonyl (C=O) groups excluding carboxylic acids is 1. The zero-order valence-electron chi connectivity index (χ0n) is 14.4. The minimum Gasteiger partial charge on any atom is -0.360 e.